The predicted molar refractivity (Wildman–Crippen MR) is 255 cm³/mol. The largest absolute Gasteiger partial charge is 0.228 e. The molecule has 3 aliphatic rings. The molecule has 62 heavy (non-hydrogen) atoms. The Morgan fingerprint density at radius 1 is 0.306 bits per heavy atom. The quantitative estimate of drug-likeness (QED) is 0.177. The van der Waals surface area contributed by atoms with E-state index in [4.69, 9.17) is 9.97 Å². The molecule has 10 aromatic rings. The summed E-state index contributed by atoms with van der Waals surface area (Å²) >= 11 is 0. The third-order valence-electron chi connectivity index (χ3n) is 14.1. The van der Waals surface area contributed by atoms with Gasteiger partial charge in [-0.15, -0.1) is 0 Å². The second-order valence-electron chi connectivity index (χ2n) is 17.6. The van der Waals surface area contributed by atoms with Gasteiger partial charge in [0.2, 0.25) is 0 Å². The van der Waals surface area contributed by atoms with Gasteiger partial charge in [0.25, 0.3) is 0 Å². The van der Waals surface area contributed by atoms with Crippen molar-refractivity contribution < 1.29 is 0 Å². The lowest BCUT2D eigenvalue weighted by Crippen LogP contribution is -2.25. The lowest BCUT2D eigenvalue weighted by atomic mass is 9.70. The SMILES string of the molecule is CC1(C)c2cc3ccccc3cc2-c2c(-c3cccc(-c4cc(-c5cccc6c5-c5ccccc5C65c6ccccc6-c6ccccc65)nc(-c5ccccc5)n4)c3)cccc21. The molecule has 13 rings (SSSR count). The zero-order valence-electron chi connectivity index (χ0n) is 34.5. The van der Waals surface area contributed by atoms with E-state index in [1.807, 2.05) is 0 Å². The summed E-state index contributed by atoms with van der Waals surface area (Å²) < 4.78 is 0. The van der Waals surface area contributed by atoms with Crippen LogP contribution in [-0.4, -0.2) is 9.97 Å². The Kier molecular flexibility index (Phi) is 7.31. The molecule has 0 fully saturated rings. The number of aromatic nitrogens is 2. The Morgan fingerprint density at radius 3 is 1.55 bits per heavy atom. The Balaban J connectivity index is 1.02. The van der Waals surface area contributed by atoms with Gasteiger partial charge in [0, 0.05) is 22.1 Å². The van der Waals surface area contributed by atoms with Gasteiger partial charge in [-0.3, -0.25) is 0 Å². The molecule has 9 aromatic carbocycles. The Morgan fingerprint density at radius 2 is 0.806 bits per heavy atom. The number of hydrogen-bond donors (Lipinski definition) is 0. The van der Waals surface area contributed by atoms with Gasteiger partial charge in [0.15, 0.2) is 5.82 Å². The fraction of sp³-hybridized carbons (Fsp3) is 0.0667. The molecule has 1 aromatic heterocycles. The van der Waals surface area contributed by atoms with E-state index in [-0.39, 0.29) is 5.41 Å². The maximum absolute atomic E-state index is 5.44. The van der Waals surface area contributed by atoms with E-state index in [9.17, 15) is 0 Å². The van der Waals surface area contributed by atoms with Crippen molar-refractivity contribution in [2.24, 2.45) is 0 Å². The molecule has 0 aliphatic heterocycles. The van der Waals surface area contributed by atoms with E-state index in [1.54, 1.807) is 0 Å². The van der Waals surface area contributed by atoms with E-state index in [0.29, 0.717) is 5.82 Å². The summed E-state index contributed by atoms with van der Waals surface area (Å²) in [6.07, 6.45) is 0. The van der Waals surface area contributed by atoms with Gasteiger partial charge in [-0.2, -0.15) is 0 Å². The Bertz CT molecular complexity index is 3460. The van der Waals surface area contributed by atoms with Crippen LogP contribution in [0.2, 0.25) is 0 Å². The number of rotatable bonds is 4. The topological polar surface area (TPSA) is 25.8 Å². The maximum atomic E-state index is 5.44. The van der Waals surface area contributed by atoms with Crippen molar-refractivity contribution >= 4 is 10.8 Å². The fourth-order valence-electron chi connectivity index (χ4n) is 11.4. The van der Waals surface area contributed by atoms with Crippen molar-refractivity contribution in [2.45, 2.75) is 24.7 Å². The van der Waals surface area contributed by atoms with E-state index >= 15 is 0 Å². The molecule has 0 N–H and O–H groups in total. The highest BCUT2D eigenvalue weighted by molar-refractivity contribution is 6.01. The predicted octanol–water partition coefficient (Wildman–Crippen LogP) is 14.9. The molecular formula is C60H40N2. The zero-order chi connectivity index (χ0) is 41.2. The van der Waals surface area contributed by atoms with Gasteiger partial charge in [0.1, 0.15) is 0 Å². The smallest absolute Gasteiger partial charge is 0.160 e. The fourth-order valence-corrected chi connectivity index (χ4v) is 11.4. The normalized spacial score (nSPS) is 14.2. The molecular weight excluding hydrogens is 749 g/mol. The minimum absolute atomic E-state index is 0.121. The van der Waals surface area contributed by atoms with E-state index in [2.05, 4.69) is 220 Å². The highest BCUT2D eigenvalue weighted by atomic mass is 14.9. The molecule has 2 heteroatoms. The van der Waals surface area contributed by atoms with Crippen LogP contribution in [0.1, 0.15) is 47.2 Å². The van der Waals surface area contributed by atoms with Gasteiger partial charge in [-0.25, -0.2) is 9.97 Å². The van der Waals surface area contributed by atoms with Crippen LogP contribution in [0.4, 0.5) is 0 Å². The summed E-state index contributed by atoms with van der Waals surface area (Å²) in [5, 5.41) is 2.55. The van der Waals surface area contributed by atoms with Crippen LogP contribution < -0.4 is 0 Å². The molecule has 290 valence electrons. The first-order chi connectivity index (χ1) is 30.5. The minimum atomic E-state index is -0.434. The average Bonchev–Trinajstić information content (AvgIpc) is 3.89. The van der Waals surface area contributed by atoms with E-state index < -0.39 is 5.41 Å². The van der Waals surface area contributed by atoms with Crippen molar-refractivity contribution in [2.75, 3.05) is 0 Å². The van der Waals surface area contributed by atoms with Gasteiger partial charge < -0.3 is 0 Å². The molecule has 0 atom stereocenters. The molecule has 1 heterocycles. The minimum Gasteiger partial charge on any atom is -0.228 e. The molecule has 3 aliphatic carbocycles. The van der Waals surface area contributed by atoms with Crippen LogP contribution in [0.15, 0.2) is 206 Å². The van der Waals surface area contributed by atoms with Crippen molar-refractivity contribution in [3.8, 4) is 78.4 Å². The first-order valence-electron chi connectivity index (χ1n) is 21.7. The van der Waals surface area contributed by atoms with Crippen LogP contribution in [0.3, 0.4) is 0 Å². The number of fused-ring (bicyclic) bond motifs is 14. The molecule has 0 bridgehead atoms. The van der Waals surface area contributed by atoms with Gasteiger partial charge in [-0.05, 0) is 113 Å². The summed E-state index contributed by atoms with van der Waals surface area (Å²) in [6, 6.07) is 75.8. The summed E-state index contributed by atoms with van der Waals surface area (Å²) in [5.74, 6) is 0.710. The molecule has 0 amide bonds. The van der Waals surface area contributed by atoms with Gasteiger partial charge >= 0.3 is 0 Å². The monoisotopic (exact) mass is 788 g/mol. The Hall–Kier alpha value is -7.68. The summed E-state index contributed by atoms with van der Waals surface area (Å²) in [4.78, 5) is 10.8. The first-order valence-corrected chi connectivity index (χ1v) is 21.7. The van der Waals surface area contributed by atoms with Crippen LogP contribution >= 0.6 is 0 Å². The summed E-state index contributed by atoms with van der Waals surface area (Å²) in [7, 11) is 0. The number of benzene rings is 9. The maximum Gasteiger partial charge on any atom is 0.160 e. The second-order valence-corrected chi connectivity index (χ2v) is 17.6. The lowest BCUT2D eigenvalue weighted by molar-refractivity contribution is 0.661. The first kappa shape index (κ1) is 35.1. The lowest BCUT2D eigenvalue weighted by Gasteiger charge is -2.30. The van der Waals surface area contributed by atoms with Crippen LogP contribution in [0.25, 0.3) is 89.2 Å². The molecule has 0 saturated carbocycles. The molecule has 0 saturated heterocycles. The summed E-state index contributed by atoms with van der Waals surface area (Å²) in [6.45, 7) is 4.73. The third-order valence-corrected chi connectivity index (χ3v) is 14.1. The summed E-state index contributed by atoms with van der Waals surface area (Å²) in [5.41, 5.74) is 22.6. The standard InChI is InChI=1S/C60H40N2/c1-59(2)51-31-15-26-42(56(51)47-34-38-19-6-7-20-39(38)35-53(47)59)40-21-14-22-41(33-40)54-36-55(62-58(61-54)37-17-4-3-5-18-37)46-27-16-32-52-57(46)45-25-10-13-30-50(45)60(52)48-28-11-8-23-43(48)44-24-9-12-29-49(44)60/h3-36H,1-2H3. The van der Waals surface area contributed by atoms with E-state index in [1.165, 1.54) is 88.7 Å². The van der Waals surface area contributed by atoms with Crippen molar-refractivity contribution in [1.29, 1.82) is 0 Å². The zero-order valence-corrected chi connectivity index (χ0v) is 34.5. The van der Waals surface area contributed by atoms with Crippen LogP contribution in [0, 0.1) is 0 Å². The van der Waals surface area contributed by atoms with E-state index in [0.717, 1.165) is 28.1 Å². The number of hydrogen-bond acceptors (Lipinski definition) is 2. The highest BCUT2D eigenvalue weighted by Gasteiger charge is 2.52. The molecule has 0 radical (unpaired) electrons. The molecule has 1 spiro atoms. The van der Waals surface area contributed by atoms with Crippen molar-refractivity contribution in [3.05, 3.63) is 240 Å². The van der Waals surface area contributed by atoms with Crippen molar-refractivity contribution in [1.82, 2.24) is 9.97 Å². The third kappa shape index (κ3) is 4.75. The Labute approximate surface area is 361 Å². The van der Waals surface area contributed by atoms with Gasteiger partial charge in [-0.1, -0.05) is 196 Å². The average molecular weight is 789 g/mol. The second kappa shape index (κ2) is 12.9. The van der Waals surface area contributed by atoms with Crippen molar-refractivity contribution in [3.63, 3.8) is 0 Å². The van der Waals surface area contributed by atoms with Gasteiger partial charge in [0.05, 0.1) is 16.8 Å². The van der Waals surface area contributed by atoms with Crippen LogP contribution in [0.5, 0.6) is 0 Å². The molecule has 0 unspecified atom stereocenters. The number of nitrogens with zero attached hydrogens (tertiary/aromatic N) is 2. The molecule has 2 nitrogen and oxygen atoms in total. The highest BCUT2D eigenvalue weighted by Crippen LogP contribution is 2.64. The van der Waals surface area contributed by atoms with Crippen LogP contribution in [-0.2, 0) is 10.8 Å².